The Morgan fingerprint density at radius 1 is 1.06 bits per heavy atom. The van der Waals surface area contributed by atoms with Gasteiger partial charge in [-0.25, -0.2) is 4.99 Å². The van der Waals surface area contributed by atoms with Crippen molar-refractivity contribution in [3.8, 4) is 0 Å². The molecule has 1 aromatic heterocycles. The van der Waals surface area contributed by atoms with E-state index >= 15 is 0 Å². The topological polar surface area (TPSA) is 42.6 Å². The third-order valence-corrected chi connectivity index (χ3v) is 3.16. The van der Waals surface area contributed by atoms with Gasteiger partial charge in [0.1, 0.15) is 5.58 Å². The Morgan fingerprint density at radius 2 is 1.94 bits per heavy atom. The fourth-order valence-electron chi connectivity index (χ4n) is 2.31. The molecule has 0 N–H and O–H groups in total. The second kappa shape index (κ2) is 2.83. The van der Waals surface area contributed by atoms with Crippen LogP contribution in [0, 0.1) is 0 Å². The third-order valence-electron chi connectivity index (χ3n) is 3.16. The van der Waals surface area contributed by atoms with Crippen molar-refractivity contribution < 1.29 is 9.21 Å². The van der Waals surface area contributed by atoms with Crippen molar-refractivity contribution in [2.24, 2.45) is 4.99 Å². The van der Waals surface area contributed by atoms with Crippen molar-refractivity contribution in [2.75, 3.05) is 0 Å². The zero-order valence-electron chi connectivity index (χ0n) is 8.81. The van der Waals surface area contributed by atoms with Gasteiger partial charge in [0.05, 0.1) is 11.8 Å². The summed E-state index contributed by atoms with van der Waals surface area (Å²) in [6, 6.07) is 9.76. The molecule has 17 heavy (non-hydrogen) atoms. The molecule has 2 heterocycles. The largest absolute Gasteiger partial charge is 0.464 e. The van der Waals surface area contributed by atoms with Gasteiger partial charge in [-0.15, -0.1) is 0 Å². The lowest BCUT2D eigenvalue weighted by atomic mass is 10.0. The molecule has 0 saturated carbocycles. The van der Waals surface area contributed by atoms with Crippen LogP contribution in [0.2, 0.25) is 0 Å². The van der Waals surface area contributed by atoms with Crippen LogP contribution >= 0.6 is 0 Å². The van der Waals surface area contributed by atoms with E-state index in [2.05, 4.69) is 4.99 Å². The van der Waals surface area contributed by atoms with Gasteiger partial charge in [0.25, 0.3) is 5.91 Å². The van der Waals surface area contributed by atoms with E-state index in [1.54, 1.807) is 12.5 Å². The molecule has 3 heteroatoms. The molecule has 1 aliphatic heterocycles. The minimum absolute atomic E-state index is 0.165. The fourth-order valence-corrected chi connectivity index (χ4v) is 2.31. The number of benzene rings is 2. The number of carbonyl (C=O) groups excluding carboxylic acids is 1. The molecule has 0 atom stereocenters. The normalized spacial score (nSPS) is 13.8. The van der Waals surface area contributed by atoms with Crippen LogP contribution in [0.5, 0.6) is 0 Å². The summed E-state index contributed by atoms with van der Waals surface area (Å²) in [5, 5.41) is 3.09. The van der Waals surface area contributed by atoms with Crippen LogP contribution in [0.1, 0.15) is 15.9 Å². The number of hydrogen-bond donors (Lipinski definition) is 0. The lowest BCUT2D eigenvalue weighted by Crippen LogP contribution is -1.91. The quantitative estimate of drug-likeness (QED) is 0.585. The van der Waals surface area contributed by atoms with Crippen molar-refractivity contribution in [1.82, 2.24) is 0 Å². The number of nitrogens with zero attached hydrogens (tertiary/aromatic N) is 1. The van der Waals surface area contributed by atoms with Crippen molar-refractivity contribution in [3.63, 3.8) is 0 Å². The van der Waals surface area contributed by atoms with Crippen molar-refractivity contribution in [1.29, 1.82) is 0 Å². The average Bonchev–Trinajstić information content (AvgIpc) is 2.94. The summed E-state index contributed by atoms with van der Waals surface area (Å²) in [4.78, 5) is 15.3. The van der Waals surface area contributed by atoms with Crippen molar-refractivity contribution >= 4 is 33.9 Å². The molecule has 4 rings (SSSR count). The van der Waals surface area contributed by atoms with E-state index in [4.69, 9.17) is 4.42 Å². The van der Waals surface area contributed by atoms with E-state index in [0.717, 1.165) is 27.3 Å². The first-order chi connectivity index (χ1) is 8.33. The standard InChI is InChI=1S/C14H7NO2/c16-14-12-5-9-2-1-8-3-4-17-13(8)11(9)6-10(12)7-15-14/h1-7H. The predicted molar refractivity (Wildman–Crippen MR) is 65.6 cm³/mol. The maximum absolute atomic E-state index is 11.5. The van der Waals surface area contributed by atoms with Gasteiger partial charge < -0.3 is 4.42 Å². The van der Waals surface area contributed by atoms with Crippen LogP contribution in [-0.4, -0.2) is 12.1 Å². The second-order valence-corrected chi connectivity index (χ2v) is 4.13. The van der Waals surface area contributed by atoms with Gasteiger partial charge in [0.2, 0.25) is 0 Å². The third kappa shape index (κ3) is 1.05. The van der Waals surface area contributed by atoms with E-state index in [-0.39, 0.29) is 5.91 Å². The number of carbonyl (C=O) groups is 1. The average molecular weight is 221 g/mol. The summed E-state index contributed by atoms with van der Waals surface area (Å²) >= 11 is 0. The fraction of sp³-hybridized carbons (Fsp3) is 0. The molecule has 3 aromatic rings. The molecule has 0 radical (unpaired) electrons. The highest BCUT2D eigenvalue weighted by Gasteiger charge is 2.17. The van der Waals surface area contributed by atoms with Crippen LogP contribution in [-0.2, 0) is 0 Å². The Labute approximate surface area is 96.4 Å². The number of rotatable bonds is 0. The van der Waals surface area contributed by atoms with Crippen LogP contribution < -0.4 is 0 Å². The Morgan fingerprint density at radius 3 is 2.88 bits per heavy atom. The minimum atomic E-state index is -0.165. The summed E-state index contributed by atoms with van der Waals surface area (Å²) in [7, 11) is 0. The SMILES string of the molecule is O=C1N=Cc2cc3c(ccc4ccoc43)cc21. The zero-order valence-corrected chi connectivity index (χ0v) is 8.81. The molecule has 1 amide bonds. The summed E-state index contributed by atoms with van der Waals surface area (Å²) in [5.41, 5.74) is 2.40. The molecule has 0 saturated heterocycles. The van der Waals surface area contributed by atoms with Crippen molar-refractivity contribution in [2.45, 2.75) is 0 Å². The predicted octanol–water partition coefficient (Wildman–Crippen LogP) is 3.16. The molecule has 3 nitrogen and oxygen atoms in total. The monoisotopic (exact) mass is 221 g/mol. The summed E-state index contributed by atoms with van der Waals surface area (Å²) in [6.07, 6.45) is 3.29. The Bertz CT molecular complexity index is 812. The van der Waals surface area contributed by atoms with Crippen LogP contribution in [0.25, 0.3) is 21.7 Å². The van der Waals surface area contributed by atoms with Gasteiger partial charge in [0, 0.05) is 22.6 Å². The van der Waals surface area contributed by atoms with Crippen LogP contribution in [0.4, 0.5) is 0 Å². The maximum atomic E-state index is 11.5. The summed E-state index contributed by atoms with van der Waals surface area (Å²) < 4.78 is 5.49. The smallest absolute Gasteiger partial charge is 0.277 e. The van der Waals surface area contributed by atoms with Crippen molar-refractivity contribution in [3.05, 3.63) is 47.7 Å². The minimum Gasteiger partial charge on any atom is -0.464 e. The van der Waals surface area contributed by atoms with Crippen LogP contribution in [0.15, 0.2) is 46.0 Å². The molecule has 0 unspecified atom stereocenters. The molecule has 0 fully saturated rings. The van der Waals surface area contributed by atoms with Crippen LogP contribution in [0.3, 0.4) is 0 Å². The number of amides is 1. The lowest BCUT2D eigenvalue weighted by Gasteiger charge is -2.02. The zero-order chi connectivity index (χ0) is 11.4. The van der Waals surface area contributed by atoms with Gasteiger partial charge in [0.15, 0.2) is 0 Å². The first-order valence-corrected chi connectivity index (χ1v) is 5.35. The van der Waals surface area contributed by atoms with Gasteiger partial charge in [-0.2, -0.15) is 0 Å². The second-order valence-electron chi connectivity index (χ2n) is 4.13. The molecular formula is C14H7NO2. The number of aliphatic imine (C=N–C) groups is 1. The van der Waals surface area contributed by atoms with Gasteiger partial charge in [-0.1, -0.05) is 12.1 Å². The highest BCUT2D eigenvalue weighted by Crippen LogP contribution is 2.29. The molecule has 1 aliphatic rings. The number of fused-ring (bicyclic) bond motifs is 4. The highest BCUT2D eigenvalue weighted by molar-refractivity contribution is 6.17. The van der Waals surface area contributed by atoms with E-state index in [1.165, 1.54) is 0 Å². The molecule has 0 spiro atoms. The number of furan rings is 1. The van der Waals surface area contributed by atoms with E-state index in [1.807, 2.05) is 30.3 Å². The maximum Gasteiger partial charge on any atom is 0.277 e. The Balaban J connectivity index is 2.22. The Kier molecular flexibility index (Phi) is 1.45. The summed E-state index contributed by atoms with van der Waals surface area (Å²) in [5.74, 6) is -0.165. The molecule has 80 valence electrons. The summed E-state index contributed by atoms with van der Waals surface area (Å²) in [6.45, 7) is 0. The first kappa shape index (κ1) is 8.70. The van der Waals surface area contributed by atoms with E-state index in [9.17, 15) is 4.79 Å². The molecule has 0 aliphatic carbocycles. The van der Waals surface area contributed by atoms with Gasteiger partial charge in [-0.3, -0.25) is 4.79 Å². The lowest BCUT2D eigenvalue weighted by molar-refractivity contribution is 0.101. The molecular weight excluding hydrogens is 214 g/mol. The molecule has 0 bridgehead atoms. The highest BCUT2D eigenvalue weighted by atomic mass is 16.3. The first-order valence-electron chi connectivity index (χ1n) is 5.35. The van der Waals surface area contributed by atoms with Gasteiger partial charge >= 0.3 is 0 Å². The number of hydrogen-bond acceptors (Lipinski definition) is 2. The molecule has 2 aromatic carbocycles. The van der Waals surface area contributed by atoms with Gasteiger partial charge in [-0.05, 0) is 23.6 Å². The van der Waals surface area contributed by atoms with E-state index < -0.39 is 0 Å². The Hall–Kier alpha value is -2.42. The van der Waals surface area contributed by atoms with E-state index in [0.29, 0.717) is 5.56 Å².